The minimum atomic E-state index is -0.0537. The predicted octanol–water partition coefficient (Wildman–Crippen LogP) is 2.62. The van der Waals surface area contributed by atoms with E-state index < -0.39 is 0 Å². The molecule has 30 heavy (non-hydrogen) atoms. The van der Waals surface area contributed by atoms with Gasteiger partial charge in [0.15, 0.2) is 11.4 Å². The molecule has 0 N–H and O–H groups in total. The van der Waals surface area contributed by atoms with E-state index in [2.05, 4.69) is 10.1 Å². The first-order chi connectivity index (χ1) is 14.5. The normalized spacial score (nSPS) is 17.4. The van der Waals surface area contributed by atoms with Crippen molar-refractivity contribution in [2.24, 2.45) is 13.0 Å². The first-order valence-electron chi connectivity index (χ1n) is 10.5. The van der Waals surface area contributed by atoms with Crippen molar-refractivity contribution >= 4 is 22.8 Å². The number of nitrogens with zero attached hydrogens (tertiary/aromatic N) is 5. The van der Waals surface area contributed by atoms with E-state index in [-0.39, 0.29) is 17.7 Å². The van der Waals surface area contributed by atoms with Crippen LogP contribution in [0.2, 0.25) is 0 Å². The van der Waals surface area contributed by atoms with Crippen LogP contribution in [0.25, 0.3) is 22.5 Å². The van der Waals surface area contributed by atoms with Gasteiger partial charge >= 0.3 is 0 Å². The second kappa shape index (κ2) is 7.27. The number of rotatable bonds is 3. The van der Waals surface area contributed by atoms with Gasteiger partial charge < -0.3 is 14.2 Å². The van der Waals surface area contributed by atoms with Crippen LogP contribution in [-0.4, -0.2) is 62.6 Å². The predicted molar refractivity (Wildman–Crippen MR) is 111 cm³/mol. The Bertz CT molecular complexity index is 1110. The second-order valence-corrected chi connectivity index (χ2v) is 8.19. The number of hydrogen-bond acceptors (Lipinski definition) is 5. The number of amides is 2. The number of carbonyl (C=O) groups excluding carboxylic acids is 2. The zero-order valence-corrected chi connectivity index (χ0v) is 17.3. The molecule has 1 aliphatic carbocycles. The van der Waals surface area contributed by atoms with Gasteiger partial charge in [-0.25, -0.2) is 4.98 Å². The molecule has 0 unspecified atom stereocenters. The maximum Gasteiger partial charge on any atom is 0.254 e. The molecular formula is C22H25N5O3. The topological polar surface area (TPSA) is 84.5 Å². The minimum absolute atomic E-state index is 0.0537. The number of hydrogen-bond donors (Lipinski definition) is 0. The number of carbonyl (C=O) groups is 2. The number of piperazine rings is 1. The Hall–Kier alpha value is -3.16. The van der Waals surface area contributed by atoms with Crippen LogP contribution < -0.4 is 0 Å². The summed E-state index contributed by atoms with van der Waals surface area (Å²) in [7, 11) is 1.83. The van der Waals surface area contributed by atoms with Gasteiger partial charge in [-0.2, -0.15) is 5.10 Å². The van der Waals surface area contributed by atoms with Crippen molar-refractivity contribution in [1.29, 1.82) is 0 Å². The molecule has 3 aromatic rings. The summed E-state index contributed by atoms with van der Waals surface area (Å²) in [5.74, 6) is 1.01. The Labute approximate surface area is 174 Å². The van der Waals surface area contributed by atoms with Gasteiger partial charge in [0.1, 0.15) is 5.69 Å². The molecule has 2 amide bonds. The monoisotopic (exact) mass is 407 g/mol. The van der Waals surface area contributed by atoms with Crippen molar-refractivity contribution in [3.63, 3.8) is 0 Å². The van der Waals surface area contributed by atoms with Crippen LogP contribution in [0.3, 0.4) is 0 Å². The van der Waals surface area contributed by atoms with Gasteiger partial charge in [0, 0.05) is 39.1 Å². The van der Waals surface area contributed by atoms with E-state index in [1.807, 2.05) is 29.8 Å². The summed E-state index contributed by atoms with van der Waals surface area (Å²) in [4.78, 5) is 34.4. The van der Waals surface area contributed by atoms with Gasteiger partial charge in [0.25, 0.3) is 5.91 Å². The summed E-state index contributed by atoms with van der Waals surface area (Å²) in [6.45, 7) is 4.15. The van der Waals surface area contributed by atoms with Gasteiger partial charge in [-0.15, -0.1) is 0 Å². The highest BCUT2D eigenvalue weighted by molar-refractivity contribution is 6.07. The molecule has 1 saturated heterocycles. The molecule has 0 spiro atoms. The molecule has 0 bridgehead atoms. The van der Waals surface area contributed by atoms with Crippen LogP contribution in [0.15, 0.2) is 28.9 Å². The standard InChI is InChI=1S/C22H25N5O3/c1-14-19-16(13-17(18-7-4-12-30-18)23-20(19)25(2)24-14)22(29)27-10-8-26(9-11-27)21(28)15-5-3-6-15/h4,7,12-13,15H,3,5-6,8-11H2,1-2H3. The van der Waals surface area contributed by atoms with Gasteiger partial charge in [0.2, 0.25) is 5.91 Å². The molecule has 0 radical (unpaired) electrons. The van der Waals surface area contributed by atoms with E-state index in [0.29, 0.717) is 48.8 Å². The quantitative estimate of drug-likeness (QED) is 0.666. The summed E-state index contributed by atoms with van der Waals surface area (Å²) in [6, 6.07) is 5.43. The maximum absolute atomic E-state index is 13.5. The molecule has 8 heteroatoms. The first-order valence-corrected chi connectivity index (χ1v) is 10.5. The summed E-state index contributed by atoms with van der Waals surface area (Å²) in [5.41, 5.74) is 2.62. The lowest BCUT2D eigenvalue weighted by molar-refractivity contribution is -0.139. The van der Waals surface area contributed by atoms with Gasteiger partial charge in [-0.05, 0) is 38.0 Å². The van der Waals surface area contributed by atoms with Crippen molar-refractivity contribution in [3.05, 3.63) is 35.7 Å². The maximum atomic E-state index is 13.5. The molecule has 0 aromatic carbocycles. The number of pyridine rings is 1. The minimum Gasteiger partial charge on any atom is -0.463 e. The molecule has 3 aromatic heterocycles. The van der Waals surface area contributed by atoms with E-state index in [4.69, 9.17) is 4.42 Å². The Morgan fingerprint density at radius 3 is 2.50 bits per heavy atom. The number of fused-ring (bicyclic) bond motifs is 1. The molecule has 1 saturated carbocycles. The highest BCUT2D eigenvalue weighted by Crippen LogP contribution is 2.30. The van der Waals surface area contributed by atoms with E-state index in [1.54, 1.807) is 23.1 Å². The Morgan fingerprint density at radius 1 is 1.13 bits per heavy atom. The average Bonchev–Trinajstić information content (AvgIpc) is 3.34. The summed E-state index contributed by atoms with van der Waals surface area (Å²) >= 11 is 0. The molecule has 8 nitrogen and oxygen atoms in total. The van der Waals surface area contributed by atoms with Gasteiger partial charge in [-0.3, -0.25) is 14.3 Å². The Balaban J connectivity index is 1.44. The van der Waals surface area contributed by atoms with Crippen molar-refractivity contribution < 1.29 is 14.0 Å². The van der Waals surface area contributed by atoms with E-state index in [9.17, 15) is 9.59 Å². The van der Waals surface area contributed by atoms with E-state index in [0.717, 1.165) is 30.3 Å². The molecule has 0 atom stereocenters. The molecule has 2 fully saturated rings. The van der Waals surface area contributed by atoms with Crippen LogP contribution in [0.5, 0.6) is 0 Å². The van der Waals surface area contributed by atoms with Crippen LogP contribution in [0.4, 0.5) is 0 Å². The highest BCUT2D eigenvalue weighted by Gasteiger charge is 2.33. The van der Waals surface area contributed by atoms with Crippen molar-refractivity contribution in [2.75, 3.05) is 26.2 Å². The van der Waals surface area contributed by atoms with E-state index >= 15 is 0 Å². The molecule has 5 rings (SSSR count). The van der Waals surface area contributed by atoms with Crippen molar-refractivity contribution in [3.8, 4) is 11.5 Å². The average molecular weight is 407 g/mol. The lowest BCUT2D eigenvalue weighted by Gasteiger charge is -2.38. The molecule has 156 valence electrons. The third kappa shape index (κ3) is 3.07. The fourth-order valence-corrected chi connectivity index (χ4v) is 4.38. The summed E-state index contributed by atoms with van der Waals surface area (Å²) in [6.07, 6.45) is 4.75. The largest absolute Gasteiger partial charge is 0.463 e. The SMILES string of the molecule is Cc1nn(C)c2nc(-c3ccco3)cc(C(=O)N3CCN(C(=O)C4CCC4)CC3)c12. The van der Waals surface area contributed by atoms with Crippen molar-refractivity contribution in [2.45, 2.75) is 26.2 Å². The second-order valence-electron chi connectivity index (χ2n) is 8.19. The lowest BCUT2D eigenvalue weighted by atomic mass is 9.84. The fourth-order valence-electron chi connectivity index (χ4n) is 4.38. The highest BCUT2D eigenvalue weighted by atomic mass is 16.3. The molecule has 1 aliphatic heterocycles. The molecular weight excluding hydrogens is 382 g/mol. The lowest BCUT2D eigenvalue weighted by Crippen LogP contribution is -2.52. The molecule has 4 heterocycles. The third-order valence-electron chi connectivity index (χ3n) is 6.31. The number of furan rings is 1. The zero-order chi connectivity index (χ0) is 20.8. The van der Waals surface area contributed by atoms with Crippen LogP contribution in [0, 0.1) is 12.8 Å². The Morgan fingerprint density at radius 2 is 1.87 bits per heavy atom. The van der Waals surface area contributed by atoms with Gasteiger partial charge in [-0.1, -0.05) is 6.42 Å². The fraction of sp³-hybridized carbons (Fsp3) is 0.455. The van der Waals surface area contributed by atoms with Gasteiger partial charge in [0.05, 0.1) is 22.9 Å². The number of aryl methyl sites for hydroxylation is 2. The number of aromatic nitrogens is 3. The summed E-state index contributed by atoms with van der Waals surface area (Å²) in [5, 5.41) is 5.24. The van der Waals surface area contributed by atoms with E-state index in [1.165, 1.54) is 0 Å². The Kier molecular flexibility index (Phi) is 4.56. The first kappa shape index (κ1) is 18.8. The van der Waals surface area contributed by atoms with Crippen LogP contribution in [0.1, 0.15) is 35.3 Å². The van der Waals surface area contributed by atoms with Crippen LogP contribution in [-0.2, 0) is 11.8 Å². The smallest absolute Gasteiger partial charge is 0.254 e. The van der Waals surface area contributed by atoms with Crippen molar-refractivity contribution in [1.82, 2.24) is 24.6 Å². The summed E-state index contributed by atoms with van der Waals surface area (Å²) < 4.78 is 7.21. The zero-order valence-electron chi connectivity index (χ0n) is 17.3. The molecule has 2 aliphatic rings. The third-order valence-corrected chi connectivity index (χ3v) is 6.31. The van der Waals surface area contributed by atoms with Crippen LogP contribution >= 0.6 is 0 Å².